The highest BCUT2D eigenvalue weighted by molar-refractivity contribution is 5.25. The number of allylic oxidation sites excluding steroid dienone is 6. The summed E-state index contributed by atoms with van der Waals surface area (Å²) < 4.78 is 0. The average Bonchev–Trinajstić information content (AvgIpc) is 2.50. The lowest BCUT2D eigenvalue weighted by Gasteiger charge is -2.26. The molecule has 0 fully saturated rings. The molecule has 1 unspecified atom stereocenters. The van der Waals surface area contributed by atoms with Gasteiger partial charge in [0.1, 0.15) is 0 Å². The van der Waals surface area contributed by atoms with Crippen LogP contribution in [0.15, 0.2) is 36.5 Å². The monoisotopic (exact) mass is 276 g/mol. The number of aliphatic hydroxyl groups excluding tert-OH is 1. The van der Waals surface area contributed by atoms with Crippen LogP contribution in [0.5, 0.6) is 0 Å². The zero-order valence-corrected chi connectivity index (χ0v) is 13.4. The first-order chi connectivity index (χ1) is 9.76. The summed E-state index contributed by atoms with van der Waals surface area (Å²) in [7, 11) is 0. The maximum Gasteiger partial charge on any atom is 0.0459 e. The van der Waals surface area contributed by atoms with Gasteiger partial charge in [0, 0.05) is 12.0 Å². The number of aliphatic hydroxyl groups is 1. The largest absolute Gasteiger partial charge is 0.396 e. The van der Waals surface area contributed by atoms with E-state index in [-0.39, 0.29) is 5.41 Å². The van der Waals surface area contributed by atoms with E-state index in [1.807, 2.05) is 0 Å². The maximum atomic E-state index is 9.20. The molecule has 1 aliphatic carbocycles. The molecule has 0 bridgehead atoms. The minimum atomic E-state index is 0.176. The molecular weight excluding hydrogens is 244 g/mol. The Bertz CT molecular complexity index is 309. The van der Waals surface area contributed by atoms with Crippen molar-refractivity contribution in [2.24, 2.45) is 11.3 Å². The van der Waals surface area contributed by atoms with Gasteiger partial charge in [-0.25, -0.2) is 0 Å². The van der Waals surface area contributed by atoms with Crippen molar-refractivity contribution < 1.29 is 5.11 Å². The van der Waals surface area contributed by atoms with Crippen LogP contribution in [-0.2, 0) is 0 Å². The summed E-state index contributed by atoms with van der Waals surface area (Å²) >= 11 is 0. The Labute approximate surface area is 125 Å². The Morgan fingerprint density at radius 3 is 2.50 bits per heavy atom. The van der Waals surface area contributed by atoms with E-state index in [0.717, 1.165) is 19.3 Å². The van der Waals surface area contributed by atoms with Crippen molar-refractivity contribution in [2.45, 2.75) is 65.2 Å². The van der Waals surface area contributed by atoms with Gasteiger partial charge in [-0.05, 0) is 31.6 Å². The molecule has 0 aromatic carbocycles. The van der Waals surface area contributed by atoms with Crippen LogP contribution >= 0.6 is 0 Å². The second-order valence-electron chi connectivity index (χ2n) is 6.02. The molecule has 0 spiro atoms. The summed E-state index contributed by atoms with van der Waals surface area (Å²) in [5.41, 5.74) is 0.176. The van der Waals surface area contributed by atoms with Gasteiger partial charge in [-0.15, -0.1) is 0 Å². The van der Waals surface area contributed by atoms with E-state index in [1.165, 1.54) is 32.1 Å². The van der Waals surface area contributed by atoms with Crippen LogP contribution in [0.2, 0.25) is 0 Å². The van der Waals surface area contributed by atoms with E-state index in [4.69, 9.17) is 0 Å². The second-order valence-corrected chi connectivity index (χ2v) is 6.02. The summed E-state index contributed by atoms with van der Waals surface area (Å²) in [6.45, 7) is 4.72. The summed E-state index contributed by atoms with van der Waals surface area (Å²) in [4.78, 5) is 0. The third-order valence-corrected chi connectivity index (χ3v) is 4.35. The van der Waals surface area contributed by atoms with E-state index < -0.39 is 0 Å². The predicted molar refractivity (Wildman–Crippen MR) is 88.7 cm³/mol. The Morgan fingerprint density at radius 2 is 1.90 bits per heavy atom. The van der Waals surface area contributed by atoms with Crippen LogP contribution in [0.25, 0.3) is 0 Å². The van der Waals surface area contributed by atoms with Crippen molar-refractivity contribution in [2.75, 3.05) is 6.61 Å². The van der Waals surface area contributed by atoms with Gasteiger partial charge in [0.2, 0.25) is 0 Å². The van der Waals surface area contributed by atoms with Crippen molar-refractivity contribution in [1.29, 1.82) is 0 Å². The molecule has 1 nitrogen and oxygen atoms in total. The zero-order valence-electron chi connectivity index (χ0n) is 13.4. The summed E-state index contributed by atoms with van der Waals surface area (Å²) in [5.74, 6) is 0.512. The summed E-state index contributed by atoms with van der Waals surface area (Å²) in [5, 5.41) is 9.20. The van der Waals surface area contributed by atoms with Gasteiger partial charge in [0.05, 0.1) is 0 Å². The van der Waals surface area contributed by atoms with Crippen LogP contribution in [0.1, 0.15) is 65.2 Å². The lowest BCUT2D eigenvalue weighted by Crippen LogP contribution is -2.13. The smallest absolute Gasteiger partial charge is 0.0459 e. The van der Waals surface area contributed by atoms with Gasteiger partial charge in [-0.1, -0.05) is 76.0 Å². The molecule has 20 heavy (non-hydrogen) atoms. The molecule has 0 aromatic heterocycles. The van der Waals surface area contributed by atoms with Crippen LogP contribution in [0.3, 0.4) is 0 Å². The fourth-order valence-electron chi connectivity index (χ4n) is 2.87. The van der Waals surface area contributed by atoms with E-state index in [0.29, 0.717) is 12.5 Å². The standard InChI is InChI=1S/C19H32O/c1-3-5-13-19(15-10-7-11-16-19)14-9-6-8-12-18(4-2)17-20/h5,10-11,13,15-16,18,20H,3-4,6-9,12,14,17H2,1-2H3/b13-5-. The first kappa shape index (κ1) is 17.2. The number of rotatable bonds is 10. The first-order valence-electron chi connectivity index (χ1n) is 8.40. The zero-order chi connectivity index (χ0) is 14.7. The first-order valence-corrected chi connectivity index (χ1v) is 8.40. The molecule has 0 amide bonds. The average molecular weight is 276 g/mol. The molecule has 0 saturated heterocycles. The van der Waals surface area contributed by atoms with E-state index >= 15 is 0 Å². The van der Waals surface area contributed by atoms with Crippen LogP contribution in [0, 0.1) is 11.3 Å². The van der Waals surface area contributed by atoms with Crippen LogP contribution in [-0.4, -0.2) is 11.7 Å². The molecule has 1 N–H and O–H groups in total. The van der Waals surface area contributed by atoms with Crippen molar-refractivity contribution in [3.05, 3.63) is 36.5 Å². The minimum absolute atomic E-state index is 0.176. The highest BCUT2D eigenvalue weighted by Gasteiger charge is 2.20. The van der Waals surface area contributed by atoms with Gasteiger partial charge >= 0.3 is 0 Å². The van der Waals surface area contributed by atoms with Crippen molar-refractivity contribution >= 4 is 0 Å². The summed E-state index contributed by atoms with van der Waals surface area (Å²) in [6.07, 6.45) is 23.5. The van der Waals surface area contributed by atoms with Gasteiger partial charge < -0.3 is 5.11 Å². The van der Waals surface area contributed by atoms with Crippen molar-refractivity contribution in [1.82, 2.24) is 0 Å². The van der Waals surface area contributed by atoms with Crippen LogP contribution < -0.4 is 0 Å². The maximum absolute atomic E-state index is 9.20. The van der Waals surface area contributed by atoms with E-state index in [9.17, 15) is 5.11 Å². The van der Waals surface area contributed by atoms with Gasteiger partial charge in [-0.3, -0.25) is 0 Å². The Kier molecular flexibility index (Phi) is 8.60. The Balaban J connectivity index is 2.33. The lowest BCUT2D eigenvalue weighted by molar-refractivity contribution is 0.211. The molecule has 0 radical (unpaired) electrons. The molecule has 114 valence electrons. The molecule has 0 aromatic rings. The van der Waals surface area contributed by atoms with Gasteiger partial charge in [-0.2, -0.15) is 0 Å². The van der Waals surface area contributed by atoms with E-state index in [1.54, 1.807) is 0 Å². The molecule has 1 heteroatoms. The van der Waals surface area contributed by atoms with Crippen LogP contribution in [0.4, 0.5) is 0 Å². The number of hydrogen-bond acceptors (Lipinski definition) is 1. The number of unbranched alkanes of at least 4 members (excludes halogenated alkanes) is 2. The van der Waals surface area contributed by atoms with Gasteiger partial charge in [0.25, 0.3) is 0 Å². The molecule has 1 aliphatic rings. The topological polar surface area (TPSA) is 20.2 Å². The fraction of sp³-hybridized carbons (Fsp3) is 0.684. The second kappa shape index (κ2) is 9.99. The third kappa shape index (κ3) is 6.09. The van der Waals surface area contributed by atoms with Gasteiger partial charge in [0.15, 0.2) is 0 Å². The Morgan fingerprint density at radius 1 is 1.15 bits per heavy atom. The molecular formula is C19H32O. The normalized spacial score (nSPS) is 18.8. The van der Waals surface area contributed by atoms with Crippen molar-refractivity contribution in [3.8, 4) is 0 Å². The van der Waals surface area contributed by atoms with Crippen molar-refractivity contribution in [3.63, 3.8) is 0 Å². The third-order valence-electron chi connectivity index (χ3n) is 4.35. The molecule has 1 atom stereocenters. The predicted octanol–water partition coefficient (Wildman–Crippen LogP) is 5.42. The van der Waals surface area contributed by atoms with E-state index in [2.05, 4.69) is 50.3 Å². The molecule has 0 aliphatic heterocycles. The Hall–Kier alpha value is -0.820. The SMILES string of the molecule is CC/C=C\C1(CCCCCC(CC)CO)C=CCC=C1. The quantitative estimate of drug-likeness (QED) is 0.417. The highest BCUT2D eigenvalue weighted by Crippen LogP contribution is 2.33. The molecule has 1 rings (SSSR count). The number of hydrogen-bond donors (Lipinski definition) is 1. The molecule has 0 heterocycles. The minimum Gasteiger partial charge on any atom is -0.396 e. The lowest BCUT2D eigenvalue weighted by atomic mass is 9.79. The highest BCUT2D eigenvalue weighted by atomic mass is 16.3. The fourth-order valence-corrected chi connectivity index (χ4v) is 2.87. The summed E-state index contributed by atoms with van der Waals surface area (Å²) in [6, 6.07) is 0. The molecule has 0 saturated carbocycles.